The highest BCUT2D eigenvalue weighted by atomic mass is 16.2. The Labute approximate surface area is 123 Å². The van der Waals surface area contributed by atoms with Crippen LogP contribution < -0.4 is 5.32 Å². The Hall–Kier alpha value is -1.10. The molecule has 2 amide bonds. The highest BCUT2D eigenvalue weighted by Crippen LogP contribution is 2.06. The van der Waals surface area contributed by atoms with E-state index in [9.17, 15) is 9.59 Å². The Kier molecular flexibility index (Phi) is 10.1. The molecule has 0 unspecified atom stereocenters. The van der Waals surface area contributed by atoms with E-state index in [1.54, 1.807) is 11.8 Å². The highest BCUT2D eigenvalue weighted by molar-refractivity contribution is 5.78. The smallest absolute Gasteiger partial charge is 0.223 e. The van der Waals surface area contributed by atoms with Gasteiger partial charge in [-0.3, -0.25) is 9.59 Å². The van der Waals surface area contributed by atoms with E-state index in [0.29, 0.717) is 13.1 Å². The molecule has 5 heteroatoms. The molecule has 0 heterocycles. The topological polar surface area (TPSA) is 52.7 Å². The van der Waals surface area contributed by atoms with Crippen LogP contribution >= 0.6 is 0 Å². The van der Waals surface area contributed by atoms with Gasteiger partial charge in [0.25, 0.3) is 0 Å². The van der Waals surface area contributed by atoms with E-state index in [1.807, 2.05) is 27.9 Å². The van der Waals surface area contributed by atoms with E-state index in [4.69, 9.17) is 0 Å². The molecule has 0 aromatic carbocycles. The summed E-state index contributed by atoms with van der Waals surface area (Å²) in [4.78, 5) is 27.3. The van der Waals surface area contributed by atoms with Crippen LogP contribution in [-0.2, 0) is 9.59 Å². The first-order valence-corrected chi connectivity index (χ1v) is 7.60. The maximum atomic E-state index is 11.8. The minimum Gasteiger partial charge on any atom is -0.354 e. The lowest BCUT2D eigenvalue weighted by Gasteiger charge is -2.22. The van der Waals surface area contributed by atoms with Crippen molar-refractivity contribution in [3.05, 3.63) is 0 Å². The predicted molar refractivity (Wildman–Crippen MR) is 82.5 cm³/mol. The molecule has 0 aromatic heterocycles. The van der Waals surface area contributed by atoms with Gasteiger partial charge in [-0.2, -0.15) is 0 Å². The van der Waals surface area contributed by atoms with Crippen molar-refractivity contribution >= 4 is 11.8 Å². The third kappa shape index (κ3) is 8.15. The fourth-order valence-electron chi connectivity index (χ4n) is 2.12. The van der Waals surface area contributed by atoms with E-state index in [2.05, 4.69) is 10.2 Å². The Balaban J connectivity index is 4.03. The van der Waals surface area contributed by atoms with E-state index in [0.717, 1.165) is 32.4 Å². The van der Waals surface area contributed by atoms with Crippen LogP contribution in [-0.4, -0.2) is 61.9 Å². The van der Waals surface area contributed by atoms with Crippen molar-refractivity contribution in [2.75, 3.05) is 40.3 Å². The first kappa shape index (κ1) is 18.9. The molecule has 0 fully saturated rings. The Morgan fingerprint density at radius 2 is 1.65 bits per heavy atom. The fraction of sp³-hybridized carbons (Fsp3) is 0.867. The third-order valence-electron chi connectivity index (χ3n) is 3.52. The molecule has 5 nitrogen and oxygen atoms in total. The molecule has 0 saturated heterocycles. The minimum atomic E-state index is 0.0699. The van der Waals surface area contributed by atoms with Gasteiger partial charge >= 0.3 is 0 Å². The summed E-state index contributed by atoms with van der Waals surface area (Å²) in [5, 5.41) is 2.93. The second kappa shape index (κ2) is 10.7. The monoisotopic (exact) mass is 285 g/mol. The van der Waals surface area contributed by atoms with E-state index in [-0.39, 0.29) is 17.7 Å². The van der Waals surface area contributed by atoms with Crippen LogP contribution in [0.2, 0.25) is 0 Å². The summed E-state index contributed by atoms with van der Waals surface area (Å²) in [6.45, 7) is 8.47. The average Bonchev–Trinajstić information content (AvgIpc) is 2.37. The van der Waals surface area contributed by atoms with Crippen molar-refractivity contribution < 1.29 is 9.59 Å². The number of hydrogen-bond acceptors (Lipinski definition) is 3. The summed E-state index contributed by atoms with van der Waals surface area (Å²) in [5.74, 6) is 0.266. The van der Waals surface area contributed by atoms with E-state index < -0.39 is 0 Å². The lowest BCUT2D eigenvalue weighted by atomic mass is 10.0. The van der Waals surface area contributed by atoms with Gasteiger partial charge in [-0.05, 0) is 39.9 Å². The van der Waals surface area contributed by atoms with Crippen molar-refractivity contribution in [1.29, 1.82) is 0 Å². The van der Waals surface area contributed by atoms with Crippen LogP contribution in [0.5, 0.6) is 0 Å². The molecule has 118 valence electrons. The molecule has 0 aromatic rings. The first-order chi connectivity index (χ1) is 9.42. The number of nitrogens with zero attached hydrogens (tertiary/aromatic N) is 2. The van der Waals surface area contributed by atoms with Gasteiger partial charge in [0.2, 0.25) is 11.8 Å². The highest BCUT2D eigenvalue weighted by Gasteiger charge is 2.14. The van der Waals surface area contributed by atoms with Crippen LogP contribution in [0.4, 0.5) is 0 Å². The van der Waals surface area contributed by atoms with Crippen LogP contribution in [0.25, 0.3) is 0 Å². The molecule has 0 radical (unpaired) electrons. The molecule has 0 atom stereocenters. The maximum Gasteiger partial charge on any atom is 0.223 e. The summed E-state index contributed by atoms with van der Waals surface area (Å²) < 4.78 is 0. The van der Waals surface area contributed by atoms with Gasteiger partial charge in [0.15, 0.2) is 0 Å². The standard InChI is InChI=1S/C15H31N3O2/c1-6-14(7-2)15(20)16-9-12-18(13(3)19)11-8-10-17(4)5/h14H,6-12H2,1-5H3,(H,16,20). The summed E-state index contributed by atoms with van der Waals surface area (Å²) in [7, 11) is 4.04. The number of rotatable bonds is 10. The van der Waals surface area contributed by atoms with Gasteiger partial charge in [-0.25, -0.2) is 0 Å². The Morgan fingerprint density at radius 1 is 1.05 bits per heavy atom. The number of carbonyl (C=O) groups excluding carboxylic acids is 2. The molecule has 0 spiro atoms. The lowest BCUT2D eigenvalue weighted by Crippen LogP contribution is -2.40. The van der Waals surface area contributed by atoms with E-state index >= 15 is 0 Å². The third-order valence-corrected chi connectivity index (χ3v) is 3.52. The summed E-state index contributed by atoms with van der Waals surface area (Å²) in [6, 6.07) is 0. The van der Waals surface area contributed by atoms with Crippen LogP contribution in [0, 0.1) is 5.92 Å². The molecular formula is C15H31N3O2. The molecule has 20 heavy (non-hydrogen) atoms. The zero-order chi connectivity index (χ0) is 15.5. The van der Waals surface area contributed by atoms with Crippen molar-refractivity contribution in [3.63, 3.8) is 0 Å². The molecule has 0 aliphatic heterocycles. The Morgan fingerprint density at radius 3 is 2.10 bits per heavy atom. The van der Waals surface area contributed by atoms with Gasteiger partial charge in [0, 0.05) is 32.5 Å². The second-order valence-corrected chi connectivity index (χ2v) is 5.47. The fourth-order valence-corrected chi connectivity index (χ4v) is 2.12. The normalized spacial score (nSPS) is 10.9. The molecular weight excluding hydrogens is 254 g/mol. The molecule has 0 rings (SSSR count). The van der Waals surface area contributed by atoms with Crippen molar-refractivity contribution in [3.8, 4) is 0 Å². The molecule has 1 N–H and O–H groups in total. The lowest BCUT2D eigenvalue weighted by molar-refractivity contribution is -0.130. The van der Waals surface area contributed by atoms with Gasteiger partial charge < -0.3 is 15.1 Å². The van der Waals surface area contributed by atoms with Gasteiger partial charge in [0.1, 0.15) is 0 Å². The second-order valence-electron chi connectivity index (χ2n) is 5.47. The summed E-state index contributed by atoms with van der Waals surface area (Å²) in [5.41, 5.74) is 0. The van der Waals surface area contributed by atoms with Crippen molar-refractivity contribution in [2.45, 2.75) is 40.0 Å². The van der Waals surface area contributed by atoms with Gasteiger partial charge in [0.05, 0.1) is 0 Å². The summed E-state index contributed by atoms with van der Waals surface area (Å²) >= 11 is 0. The van der Waals surface area contributed by atoms with E-state index in [1.165, 1.54) is 0 Å². The number of nitrogens with one attached hydrogen (secondary N) is 1. The van der Waals surface area contributed by atoms with Crippen molar-refractivity contribution in [2.24, 2.45) is 5.92 Å². The van der Waals surface area contributed by atoms with Crippen LogP contribution in [0.1, 0.15) is 40.0 Å². The number of carbonyl (C=O) groups is 2. The molecule has 0 saturated carbocycles. The van der Waals surface area contributed by atoms with Crippen LogP contribution in [0.3, 0.4) is 0 Å². The molecule has 0 aliphatic carbocycles. The van der Waals surface area contributed by atoms with Gasteiger partial charge in [-0.15, -0.1) is 0 Å². The first-order valence-electron chi connectivity index (χ1n) is 7.60. The maximum absolute atomic E-state index is 11.8. The SMILES string of the molecule is CCC(CC)C(=O)NCCN(CCCN(C)C)C(C)=O. The van der Waals surface area contributed by atoms with Gasteiger partial charge in [-0.1, -0.05) is 13.8 Å². The summed E-state index contributed by atoms with van der Waals surface area (Å²) in [6.07, 6.45) is 2.68. The van der Waals surface area contributed by atoms with Crippen LogP contribution in [0.15, 0.2) is 0 Å². The predicted octanol–water partition coefficient (Wildman–Crippen LogP) is 1.34. The van der Waals surface area contributed by atoms with Crippen molar-refractivity contribution in [1.82, 2.24) is 15.1 Å². The zero-order valence-electron chi connectivity index (χ0n) is 13.7. The zero-order valence-corrected chi connectivity index (χ0v) is 13.7. The minimum absolute atomic E-state index is 0.0699. The largest absolute Gasteiger partial charge is 0.354 e. The quantitative estimate of drug-likeness (QED) is 0.659. The number of amides is 2. The average molecular weight is 285 g/mol. The molecule has 0 bridgehead atoms. The molecule has 0 aliphatic rings. The number of hydrogen-bond donors (Lipinski definition) is 1. The Bertz CT molecular complexity index is 289.